The Kier molecular flexibility index (Phi) is 9.62. The van der Waals surface area contributed by atoms with E-state index in [-0.39, 0.29) is 24.0 Å². The molecule has 2 rings (SSSR count). The van der Waals surface area contributed by atoms with E-state index in [1.807, 2.05) is 13.8 Å². The third-order valence-corrected chi connectivity index (χ3v) is 4.58. The normalized spacial score (nSPS) is 11.8. The van der Waals surface area contributed by atoms with Gasteiger partial charge in [-0.2, -0.15) is 5.10 Å². The maximum atomic E-state index is 12.6. The average Bonchev–Trinajstić information content (AvgIpc) is 2.77. The van der Waals surface area contributed by atoms with E-state index in [4.69, 9.17) is 21.1 Å². The smallest absolute Gasteiger partial charge is 0.311 e. The van der Waals surface area contributed by atoms with Crippen LogP contribution < -0.4 is 20.2 Å². The van der Waals surface area contributed by atoms with E-state index in [1.54, 1.807) is 30.3 Å². The lowest BCUT2D eigenvalue weighted by molar-refractivity contribution is -0.385. The Hall–Kier alpha value is -3.66. The second kappa shape index (κ2) is 12.4. The van der Waals surface area contributed by atoms with Gasteiger partial charge in [0, 0.05) is 16.7 Å². The van der Waals surface area contributed by atoms with Crippen molar-refractivity contribution in [2.24, 2.45) is 11.0 Å². The fraction of sp³-hybridized carbons (Fsp3) is 0.318. The number of ether oxygens (including phenoxy) is 2. The van der Waals surface area contributed by atoms with Gasteiger partial charge < -0.3 is 14.8 Å². The summed E-state index contributed by atoms with van der Waals surface area (Å²) < 4.78 is 10.4. The summed E-state index contributed by atoms with van der Waals surface area (Å²) >= 11 is 5.82. The molecule has 33 heavy (non-hydrogen) atoms. The van der Waals surface area contributed by atoms with Crippen LogP contribution in [0.2, 0.25) is 5.02 Å². The van der Waals surface area contributed by atoms with Gasteiger partial charge in [0.1, 0.15) is 11.8 Å². The maximum absolute atomic E-state index is 12.6. The fourth-order valence-corrected chi connectivity index (χ4v) is 2.92. The lowest BCUT2D eigenvalue weighted by Gasteiger charge is -2.19. The molecule has 0 saturated heterocycles. The number of benzene rings is 2. The average molecular weight is 477 g/mol. The lowest BCUT2D eigenvalue weighted by Crippen LogP contribution is -2.47. The number of nitrogens with one attached hydrogen (secondary N) is 2. The topological polar surface area (TPSA) is 132 Å². The van der Waals surface area contributed by atoms with Gasteiger partial charge in [-0.25, -0.2) is 5.43 Å². The first-order valence-corrected chi connectivity index (χ1v) is 10.4. The first kappa shape index (κ1) is 25.6. The number of hydrogen-bond donors (Lipinski definition) is 2. The third-order valence-electron chi connectivity index (χ3n) is 4.33. The Morgan fingerprint density at radius 2 is 1.91 bits per heavy atom. The Morgan fingerprint density at radius 1 is 1.21 bits per heavy atom. The Morgan fingerprint density at radius 3 is 2.52 bits per heavy atom. The number of rotatable bonds is 11. The van der Waals surface area contributed by atoms with Crippen LogP contribution >= 0.6 is 11.6 Å². The number of amides is 2. The molecule has 0 bridgehead atoms. The largest absolute Gasteiger partial charge is 0.490 e. The van der Waals surface area contributed by atoms with E-state index in [0.29, 0.717) is 22.8 Å². The maximum Gasteiger partial charge on any atom is 0.311 e. The van der Waals surface area contributed by atoms with Gasteiger partial charge in [0.2, 0.25) is 0 Å². The van der Waals surface area contributed by atoms with Crippen LogP contribution in [-0.2, 0) is 9.59 Å². The zero-order chi connectivity index (χ0) is 24.4. The number of carbonyl (C=O) groups excluding carboxylic acids is 2. The van der Waals surface area contributed by atoms with E-state index in [9.17, 15) is 19.7 Å². The zero-order valence-electron chi connectivity index (χ0n) is 18.4. The number of methoxy groups -OCH3 is 1. The van der Waals surface area contributed by atoms with Gasteiger partial charge >= 0.3 is 5.69 Å². The standard InChI is InChI=1S/C22H25ClN4O6/c1-14(2)10-18(25-21(28)13-33-17-7-5-16(23)6-8-17)22(29)26-24-12-15-4-9-20(32-3)19(11-15)27(30)31/h4-9,11-12,14,18H,10,13H2,1-3H3,(H,25,28)(H,26,29)/b24-12-/t18-/m0/s1. The molecule has 0 aliphatic carbocycles. The fourth-order valence-electron chi connectivity index (χ4n) is 2.80. The first-order chi connectivity index (χ1) is 15.7. The molecule has 0 aliphatic heterocycles. The van der Waals surface area contributed by atoms with Crippen molar-refractivity contribution in [1.29, 1.82) is 0 Å². The minimum atomic E-state index is -0.839. The van der Waals surface area contributed by atoms with Gasteiger partial charge in [-0.1, -0.05) is 25.4 Å². The summed E-state index contributed by atoms with van der Waals surface area (Å²) in [6, 6.07) is 9.97. The highest BCUT2D eigenvalue weighted by molar-refractivity contribution is 6.30. The van der Waals surface area contributed by atoms with Gasteiger partial charge in [0.15, 0.2) is 12.4 Å². The summed E-state index contributed by atoms with van der Waals surface area (Å²) in [5, 5.41) is 18.2. The first-order valence-electron chi connectivity index (χ1n) is 10.0. The van der Waals surface area contributed by atoms with Crippen molar-refractivity contribution in [3.8, 4) is 11.5 Å². The van der Waals surface area contributed by atoms with Crippen molar-refractivity contribution in [1.82, 2.24) is 10.7 Å². The predicted octanol–water partition coefficient (Wildman–Crippen LogP) is 3.32. The number of nitro groups is 1. The Labute approximate surface area is 196 Å². The number of hydrogen-bond acceptors (Lipinski definition) is 7. The molecule has 2 aromatic carbocycles. The van der Waals surface area contributed by atoms with Gasteiger partial charge in [-0.05, 0) is 48.7 Å². The van der Waals surface area contributed by atoms with E-state index < -0.39 is 22.8 Å². The monoisotopic (exact) mass is 476 g/mol. The van der Waals surface area contributed by atoms with Gasteiger partial charge in [0.05, 0.1) is 18.2 Å². The van der Waals surface area contributed by atoms with Crippen LogP contribution in [0.15, 0.2) is 47.6 Å². The summed E-state index contributed by atoms with van der Waals surface area (Å²) in [4.78, 5) is 35.4. The zero-order valence-corrected chi connectivity index (χ0v) is 19.2. The van der Waals surface area contributed by atoms with E-state index in [1.165, 1.54) is 25.5 Å². The molecule has 0 saturated carbocycles. The second-order valence-electron chi connectivity index (χ2n) is 7.41. The van der Waals surface area contributed by atoms with Crippen molar-refractivity contribution in [2.45, 2.75) is 26.3 Å². The minimum absolute atomic E-state index is 0.113. The van der Waals surface area contributed by atoms with Crippen molar-refractivity contribution < 1.29 is 24.0 Å². The summed E-state index contributed by atoms with van der Waals surface area (Å²) in [5.74, 6) is -0.297. The molecule has 2 amide bonds. The molecule has 0 heterocycles. The molecular formula is C22H25ClN4O6. The second-order valence-corrected chi connectivity index (χ2v) is 7.85. The molecule has 176 valence electrons. The van der Waals surface area contributed by atoms with Gasteiger partial charge in [-0.3, -0.25) is 19.7 Å². The quantitative estimate of drug-likeness (QED) is 0.290. The lowest BCUT2D eigenvalue weighted by atomic mass is 10.0. The minimum Gasteiger partial charge on any atom is -0.490 e. The van der Waals surface area contributed by atoms with Gasteiger partial charge in [0.25, 0.3) is 11.8 Å². The molecule has 11 heteroatoms. The number of nitrogens with zero attached hydrogens (tertiary/aromatic N) is 2. The molecule has 0 unspecified atom stereocenters. The van der Waals surface area contributed by atoms with Crippen LogP contribution in [0.5, 0.6) is 11.5 Å². The van der Waals surface area contributed by atoms with Crippen molar-refractivity contribution in [3.63, 3.8) is 0 Å². The molecule has 0 radical (unpaired) electrons. The number of carbonyl (C=O) groups is 2. The van der Waals surface area contributed by atoms with Crippen LogP contribution in [-0.4, -0.2) is 42.7 Å². The summed E-state index contributed by atoms with van der Waals surface area (Å²) in [6.45, 7) is 3.55. The van der Waals surface area contributed by atoms with E-state index in [0.717, 1.165) is 0 Å². The van der Waals surface area contributed by atoms with E-state index >= 15 is 0 Å². The SMILES string of the molecule is COc1ccc(/C=N\NC(=O)[C@H](CC(C)C)NC(=O)COc2ccc(Cl)cc2)cc1[N+](=O)[O-]. The molecule has 2 N–H and O–H groups in total. The highest BCUT2D eigenvalue weighted by atomic mass is 35.5. The van der Waals surface area contributed by atoms with Crippen LogP contribution in [0.25, 0.3) is 0 Å². The molecule has 2 aromatic rings. The Balaban J connectivity index is 1.97. The summed E-state index contributed by atoms with van der Waals surface area (Å²) in [7, 11) is 1.33. The van der Waals surface area contributed by atoms with E-state index in [2.05, 4.69) is 15.8 Å². The highest BCUT2D eigenvalue weighted by Crippen LogP contribution is 2.26. The van der Waals surface area contributed by atoms with Gasteiger partial charge in [-0.15, -0.1) is 0 Å². The van der Waals surface area contributed by atoms with Crippen molar-refractivity contribution in [2.75, 3.05) is 13.7 Å². The highest BCUT2D eigenvalue weighted by Gasteiger charge is 2.22. The number of hydrazone groups is 1. The van der Waals surface area contributed by atoms with Crippen molar-refractivity contribution >= 4 is 35.3 Å². The molecule has 10 nitrogen and oxygen atoms in total. The Bertz CT molecular complexity index is 1010. The van der Waals surface area contributed by atoms with Crippen LogP contribution in [0.3, 0.4) is 0 Å². The molecule has 0 aromatic heterocycles. The summed E-state index contributed by atoms with van der Waals surface area (Å²) in [5.41, 5.74) is 2.53. The third kappa shape index (κ3) is 8.41. The molecule has 0 fully saturated rings. The molecular weight excluding hydrogens is 452 g/mol. The van der Waals surface area contributed by atoms with Crippen LogP contribution in [0.1, 0.15) is 25.8 Å². The molecule has 0 spiro atoms. The van der Waals surface area contributed by atoms with Crippen LogP contribution in [0, 0.1) is 16.0 Å². The predicted molar refractivity (Wildman–Crippen MR) is 124 cm³/mol. The molecule has 0 aliphatic rings. The number of nitro benzene ring substituents is 1. The van der Waals surface area contributed by atoms with Crippen LogP contribution in [0.4, 0.5) is 5.69 Å². The summed E-state index contributed by atoms with van der Waals surface area (Å²) in [6.07, 6.45) is 1.64. The number of halogens is 1. The molecule has 1 atom stereocenters. The van der Waals surface area contributed by atoms with Crippen molar-refractivity contribution in [3.05, 3.63) is 63.2 Å².